The highest BCUT2D eigenvalue weighted by atomic mass is 16.6. The Labute approximate surface area is 146 Å². The summed E-state index contributed by atoms with van der Waals surface area (Å²) in [5.41, 5.74) is 0.873. The molecule has 4 nitrogen and oxygen atoms in total. The third kappa shape index (κ3) is 5.23. The summed E-state index contributed by atoms with van der Waals surface area (Å²) in [6, 6.07) is 11.3. The average Bonchev–Trinajstić information content (AvgIpc) is 2.54. The third-order valence-corrected chi connectivity index (χ3v) is 4.67. The lowest BCUT2D eigenvalue weighted by molar-refractivity contribution is 0.0125. The molecule has 2 unspecified atom stereocenters. The fourth-order valence-electron chi connectivity index (χ4n) is 3.32. The van der Waals surface area contributed by atoms with Crippen LogP contribution in [0.25, 0.3) is 0 Å². The van der Waals surface area contributed by atoms with E-state index in [0.717, 1.165) is 25.9 Å². The van der Waals surface area contributed by atoms with E-state index in [9.17, 15) is 4.79 Å². The van der Waals surface area contributed by atoms with Crippen molar-refractivity contribution in [1.29, 1.82) is 0 Å². The van der Waals surface area contributed by atoms with E-state index in [1.807, 2.05) is 31.7 Å². The number of likely N-dealkylation sites (tertiary alicyclic amines) is 1. The fraction of sp³-hybridized carbons (Fsp3) is 0.650. The number of ether oxygens (including phenoxy) is 1. The van der Waals surface area contributed by atoms with E-state index >= 15 is 0 Å². The number of hydrogen-bond donors (Lipinski definition) is 1. The van der Waals surface area contributed by atoms with Gasteiger partial charge in [0, 0.05) is 25.2 Å². The molecule has 1 aromatic rings. The van der Waals surface area contributed by atoms with Crippen molar-refractivity contribution in [3.63, 3.8) is 0 Å². The predicted molar refractivity (Wildman–Crippen MR) is 98.0 cm³/mol. The molecule has 0 saturated carbocycles. The molecule has 0 aliphatic carbocycles. The van der Waals surface area contributed by atoms with E-state index in [4.69, 9.17) is 4.74 Å². The number of amides is 1. The first kappa shape index (κ1) is 18.8. The number of hydrogen-bond acceptors (Lipinski definition) is 3. The lowest BCUT2D eigenvalue weighted by Crippen LogP contribution is -2.52. The van der Waals surface area contributed by atoms with Crippen LogP contribution in [0.2, 0.25) is 0 Å². The van der Waals surface area contributed by atoms with Crippen LogP contribution >= 0.6 is 0 Å². The van der Waals surface area contributed by atoms with Crippen molar-refractivity contribution in [3.8, 4) is 0 Å². The van der Waals surface area contributed by atoms with Gasteiger partial charge >= 0.3 is 6.09 Å². The maximum Gasteiger partial charge on any atom is 0.410 e. The Bertz CT molecular complexity index is 524. The van der Waals surface area contributed by atoms with Crippen molar-refractivity contribution in [2.24, 2.45) is 5.92 Å². The summed E-state index contributed by atoms with van der Waals surface area (Å²) < 4.78 is 5.52. The van der Waals surface area contributed by atoms with Gasteiger partial charge in [-0.15, -0.1) is 0 Å². The summed E-state index contributed by atoms with van der Waals surface area (Å²) in [4.78, 5) is 14.2. The van der Waals surface area contributed by atoms with Crippen molar-refractivity contribution in [1.82, 2.24) is 10.2 Å². The standard InChI is InChI=1S/C20H32N2O2/c1-6-16-14-22(19(23)24-20(3,4)5)13-12-18(16)21-15(2)17-10-8-7-9-11-17/h7-11,15-16,18,21H,6,12-14H2,1-5H3/t15-,16?,18?/m0/s1. The molecule has 0 bridgehead atoms. The quantitative estimate of drug-likeness (QED) is 0.890. The van der Waals surface area contributed by atoms with Crippen LogP contribution in [-0.4, -0.2) is 35.7 Å². The molecule has 1 aromatic carbocycles. The van der Waals surface area contributed by atoms with Gasteiger partial charge in [0.05, 0.1) is 0 Å². The van der Waals surface area contributed by atoms with Gasteiger partial charge in [0.2, 0.25) is 0 Å². The third-order valence-electron chi connectivity index (χ3n) is 4.67. The van der Waals surface area contributed by atoms with Gasteiger partial charge in [-0.3, -0.25) is 0 Å². The Morgan fingerprint density at radius 2 is 2.00 bits per heavy atom. The number of nitrogens with one attached hydrogen (secondary N) is 1. The summed E-state index contributed by atoms with van der Waals surface area (Å²) in [6.07, 6.45) is 1.84. The molecule has 1 saturated heterocycles. The monoisotopic (exact) mass is 332 g/mol. The number of benzene rings is 1. The van der Waals surface area contributed by atoms with Crippen molar-refractivity contribution >= 4 is 6.09 Å². The molecule has 3 atom stereocenters. The summed E-state index contributed by atoms with van der Waals surface area (Å²) in [6.45, 7) is 11.7. The Balaban J connectivity index is 1.94. The number of nitrogens with zero attached hydrogens (tertiary/aromatic N) is 1. The molecule has 1 aliphatic heterocycles. The number of carbonyl (C=O) groups is 1. The fourth-order valence-corrected chi connectivity index (χ4v) is 3.32. The zero-order valence-electron chi connectivity index (χ0n) is 15.7. The van der Waals surface area contributed by atoms with E-state index in [1.54, 1.807) is 0 Å². The second kappa shape index (κ2) is 8.02. The molecule has 4 heteroatoms. The van der Waals surface area contributed by atoms with Crippen LogP contribution in [0.4, 0.5) is 4.79 Å². The molecule has 0 spiro atoms. The molecule has 0 radical (unpaired) electrons. The van der Waals surface area contributed by atoms with Gasteiger partial charge in [-0.05, 0) is 45.6 Å². The minimum Gasteiger partial charge on any atom is -0.444 e. The van der Waals surface area contributed by atoms with Gasteiger partial charge in [-0.25, -0.2) is 4.79 Å². The number of piperidine rings is 1. The summed E-state index contributed by atoms with van der Waals surface area (Å²) in [5.74, 6) is 0.456. The maximum absolute atomic E-state index is 12.3. The first-order chi connectivity index (χ1) is 11.3. The van der Waals surface area contributed by atoms with Crippen molar-refractivity contribution in [3.05, 3.63) is 35.9 Å². The van der Waals surface area contributed by atoms with E-state index in [0.29, 0.717) is 18.0 Å². The maximum atomic E-state index is 12.3. The summed E-state index contributed by atoms with van der Waals surface area (Å²) in [5, 5.41) is 3.77. The van der Waals surface area contributed by atoms with Crippen LogP contribution in [0.1, 0.15) is 59.1 Å². The zero-order chi connectivity index (χ0) is 17.7. The minimum absolute atomic E-state index is 0.185. The second-order valence-corrected chi connectivity index (χ2v) is 7.79. The molecule has 1 heterocycles. The summed E-state index contributed by atoms with van der Waals surface area (Å²) >= 11 is 0. The van der Waals surface area contributed by atoms with Gasteiger partial charge in [0.15, 0.2) is 0 Å². The zero-order valence-corrected chi connectivity index (χ0v) is 15.7. The SMILES string of the molecule is CCC1CN(C(=O)OC(C)(C)C)CCC1N[C@@H](C)c1ccccc1. The van der Waals surface area contributed by atoms with Crippen molar-refractivity contribution < 1.29 is 9.53 Å². The van der Waals surface area contributed by atoms with E-state index in [2.05, 4.69) is 43.4 Å². The van der Waals surface area contributed by atoms with Crippen LogP contribution in [0, 0.1) is 5.92 Å². The van der Waals surface area contributed by atoms with E-state index in [-0.39, 0.29) is 6.09 Å². The molecule has 24 heavy (non-hydrogen) atoms. The van der Waals surface area contributed by atoms with Crippen molar-refractivity contribution in [2.75, 3.05) is 13.1 Å². The van der Waals surface area contributed by atoms with Gasteiger partial charge < -0.3 is 15.0 Å². The topological polar surface area (TPSA) is 41.6 Å². The van der Waals surface area contributed by atoms with Gasteiger partial charge in [0.25, 0.3) is 0 Å². The smallest absolute Gasteiger partial charge is 0.410 e. The van der Waals surface area contributed by atoms with Gasteiger partial charge in [0.1, 0.15) is 5.60 Å². The van der Waals surface area contributed by atoms with E-state index < -0.39 is 5.60 Å². The minimum atomic E-state index is -0.435. The summed E-state index contributed by atoms with van der Waals surface area (Å²) in [7, 11) is 0. The second-order valence-electron chi connectivity index (χ2n) is 7.79. The highest BCUT2D eigenvalue weighted by Gasteiger charge is 2.33. The van der Waals surface area contributed by atoms with Gasteiger partial charge in [-0.2, -0.15) is 0 Å². The lowest BCUT2D eigenvalue weighted by atomic mass is 9.89. The molecular weight excluding hydrogens is 300 g/mol. The van der Waals surface area contributed by atoms with Crippen LogP contribution < -0.4 is 5.32 Å². The Morgan fingerprint density at radius 1 is 1.33 bits per heavy atom. The molecule has 1 fully saturated rings. The largest absolute Gasteiger partial charge is 0.444 e. The van der Waals surface area contributed by atoms with Crippen molar-refractivity contribution in [2.45, 2.75) is 65.1 Å². The highest BCUT2D eigenvalue weighted by Crippen LogP contribution is 2.25. The molecule has 134 valence electrons. The highest BCUT2D eigenvalue weighted by molar-refractivity contribution is 5.68. The first-order valence-corrected chi connectivity index (χ1v) is 9.09. The van der Waals surface area contributed by atoms with Gasteiger partial charge in [-0.1, -0.05) is 43.7 Å². The molecule has 0 aromatic heterocycles. The number of rotatable bonds is 4. The molecule has 2 rings (SSSR count). The Hall–Kier alpha value is -1.55. The normalized spacial score (nSPS) is 23.0. The molecule has 1 amide bonds. The molecule has 1 N–H and O–H groups in total. The van der Waals surface area contributed by atoms with Crippen LogP contribution in [-0.2, 0) is 4.74 Å². The lowest BCUT2D eigenvalue weighted by Gasteiger charge is -2.40. The van der Waals surface area contributed by atoms with Crippen LogP contribution in [0.15, 0.2) is 30.3 Å². The van der Waals surface area contributed by atoms with Crippen LogP contribution in [0.5, 0.6) is 0 Å². The average molecular weight is 332 g/mol. The first-order valence-electron chi connectivity index (χ1n) is 9.09. The Kier molecular flexibility index (Phi) is 6.27. The Morgan fingerprint density at radius 3 is 2.58 bits per heavy atom. The molecule has 1 aliphatic rings. The molecular formula is C20H32N2O2. The predicted octanol–water partition coefficient (Wildman–Crippen LogP) is 4.37. The van der Waals surface area contributed by atoms with Crippen LogP contribution in [0.3, 0.4) is 0 Å². The van der Waals surface area contributed by atoms with E-state index in [1.165, 1.54) is 5.56 Å². The number of carbonyl (C=O) groups excluding carboxylic acids is 1.